The maximum atomic E-state index is 13.5. The minimum absolute atomic E-state index is 0.122. The molecule has 0 atom stereocenters. The third-order valence-electron chi connectivity index (χ3n) is 2.83. The van der Waals surface area contributed by atoms with Gasteiger partial charge >= 0.3 is 5.97 Å². The van der Waals surface area contributed by atoms with Crippen molar-refractivity contribution in [3.05, 3.63) is 65.0 Å². The van der Waals surface area contributed by atoms with E-state index in [9.17, 15) is 9.18 Å². The van der Waals surface area contributed by atoms with Crippen molar-refractivity contribution in [2.45, 2.75) is 13.5 Å². The quantitative estimate of drug-likeness (QED) is 0.680. The molecule has 2 aromatic rings. The average Bonchev–Trinajstić information content (AvgIpc) is 2.42. The van der Waals surface area contributed by atoms with Gasteiger partial charge in [-0.3, -0.25) is 0 Å². The number of nitrogens with two attached hydrogens (primary N) is 1. The maximum absolute atomic E-state index is 13.5. The number of ether oxygens (including phenoxy) is 1. The number of nitrogen functional groups attached to an aromatic ring is 1. The van der Waals surface area contributed by atoms with Gasteiger partial charge in [-0.05, 0) is 24.6 Å². The Kier molecular flexibility index (Phi) is 3.80. The lowest BCUT2D eigenvalue weighted by Gasteiger charge is -2.07. The van der Waals surface area contributed by atoms with Gasteiger partial charge in [-0.15, -0.1) is 0 Å². The molecule has 0 aliphatic heterocycles. The maximum Gasteiger partial charge on any atom is 0.338 e. The molecule has 0 radical (unpaired) electrons. The van der Waals surface area contributed by atoms with Crippen LogP contribution in [0.1, 0.15) is 21.5 Å². The Morgan fingerprint density at radius 1 is 1.26 bits per heavy atom. The Morgan fingerprint density at radius 2 is 1.95 bits per heavy atom. The molecule has 19 heavy (non-hydrogen) atoms. The molecule has 98 valence electrons. The van der Waals surface area contributed by atoms with E-state index in [0.29, 0.717) is 5.56 Å². The molecule has 0 amide bonds. The zero-order chi connectivity index (χ0) is 13.8. The first-order valence-corrected chi connectivity index (χ1v) is 5.84. The minimum atomic E-state index is -0.588. The second-order valence-corrected chi connectivity index (χ2v) is 4.23. The molecule has 0 aromatic heterocycles. The summed E-state index contributed by atoms with van der Waals surface area (Å²) in [5.41, 5.74) is 7.19. The van der Waals surface area contributed by atoms with Crippen LogP contribution in [0.15, 0.2) is 42.5 Å². The van der Waals surface area contributed by atoms with Gasteiger partial charge in [0.05, 0.1) is 5.56 Å². The van der Waals surface area contributed by atoms with Crippen molar-refractivity contribution in [1.82, 2.24) is 0 Å². The van der Waals surface area contributed by atoms with Crippen LogP contribution in [0.25, 0.3) is 0 Å². The highest BCUT2D eigenvalue weighted by Crippen LogP contribution is 2.18. The summed E-state index contributed by atoms with van der Waals surface area (Å²) in [6.07, 6.45) is 0. The van der Waals surface area contributed by atoms with Crippen LogP contribution >= 0.6 is 0 Å². The predicted octanol–water partition coefficient (Wildman–Crippen LogP) is 3.07. The fraction of sp³-hybridized carbons (Fsp3) is 0.133. The SMILES string of the molecule is Cc1c(N)cc(C(=O)OCc2ccccc2)cc1F. The third-order valence-corrected chi connectivity index (χ3v) is 2.83. The molecule has 2 aromatic carbocycles. The molecule has 2 N–H and O–H groups in total. The van der Waals surface area contributed by atoms with Gasteiger partial charge in [-0.25, -0.2) is 9.18 Å². The molecule has 0 saturated carbocycles. The lowest BCUT2D eigenvalue weighted by Crippen LogP contribution is -2.07. The number of halogens is 1. The molecule has 3 nitrogen and oxygen atoms in total. The lowest BCUT2D eigenvalue weighted by molar-refractivity contribution is 0.0472. The van der Waals surface area contributed by atoms with Crippen LogP contribution in [-0.4, -0.2) is 5.97 Å². The van der Waals surface area contributed by atoms with E-state index < -0.39 is 11.8 Å². The number of esters is 1. The van der Waals surface area contributed by atoms with E-state index in [0.717, 1.165) is 11.6 Å². The van der Waals surface area contributed by atoms with Gasteiger partial charge in [0.15, 0.2) is 0 Å². The van der Waals surface area contributed by atoms with Gasteiger partial charge in [-0.1, -0.05) is 30.3 Å². The first kappa shape index (κ1) is 13.1. The Morgan fingerprint density at radius 3 is 2.58 bits per heavy atom. The van der Waals surface area contributed by atoms with Crippen LogP contribution in [0.5, 0.6) is 0 Å². The standard InChI is InChI=1S/C15H14FNO2/c1-10-13(16)7-12(8-14(10)17)15(18)19-9-11-5-3-2-4-6-11/h2-8H,9,17H2,1H3. The van der Waals surface area contributed by atoms with Crippen molar-refractivity contribution in [2.75, 3.05) is 5.73 Å². The molecule has 0 fully saturated rings. The normalized spacial score (nSPS) is 10.2. The number of carbonyl (C=O) groups excluding carboxylic acids is 1. The first-order valence-electron chi connectivity index (χ1n) is 5.84. The summed E-state index contributed by atoms with van der Waals surface area (Å²) < 4.78 is 18.6. The molecule has 4 heteroatoms. The lowest BCUT2D eigenvalue weighted by atomic mass is 10.1. The summed E-state index contributed by atoms with van der Waals surface area (Å²) in [5.74, 6) is -1.10. The van der Waals surface area contributed by atoms with Crippen molar-refractivity contribution in [1.29, 1.82) is 0 Å². The number of rotatable bonds is 3. The van der Waals surface area contributed by atoms with Crippen molar-refractivity contribution in [3.63, 3.8) is 0 Å². The minimum Gasteiger partial charge on any atom is -0.457 e. The predicted molar refractivity (Wildman–Crippen MR) is 71.1 cm³/mol. The van der Waals surface area contributed by atoms with Crippen LogP contribution < -0.4 is 5.73 Å². The fourth-order valence-electron chi connectivity index (χ4n) is 1.62. The van der Waals surface area contributed by atoms with Gasteiger partial charge in [0.1, 0.15) is 12.4 Å². The van der Waals surface area contributed by atoms with Crippen LogP contribution in [0.3, 0.4) is 0 Å². The summed E-state index contributed by atoms with van der Waals surface area (Å²) in [6.45, 7) is 1.71. The number of hydrogen-bond acceptors (Lipinski definition) is 3. The van der Waals surface area contributed by atoms with Crippen molar-refractivity contribution in [2.24, 2.45) is 0 Å². The van der Waals surface area contributed by atoms with Gasteiger partial charge < -0.3 is 10.5 Å². The summed E-state index contributed by atoms with van der Waals surface area (Å²) in [6, 6.07) is 11.8. The zero-order valence-corrected chi connectivity index (χ0v) is 10.5. The number of benzene rings is 2. The van der Waals surface area contributed by atoms with Gasteiger partial charge in [0.2, 0.25) is 0 Å². The topological polar surface area (TPSA) is 52.3 Å². The summed E-state index contributed by atoms with van der Waals surface area (Å²) >= 11 is 0. The van der Waals surface area contributed by atoms with Crippen molar-refractivity contribution < 1.29 is 13.9 Å². The van der Waals surface area contributed by atoms with Gasteiger partial charge in [0, 0.05) is 11.3 Å². The van der Waals surface area contributed by atoms with Gasteiger partial charge in [0.25, 0.3) is 0 Å². The highest BCUT2D eigenvalue weighted by molar-refractivity contribution is 5.90. The molecule has 2 rings (SSSR count). The van der Waals surface area contributed by atoms with Crippen LogP contribution in [0, 0.1) is 12.7 Å². The molecular weight excluding hydrogens is 245 g/mol. The molecule has 0 unspecified atom stereocenters. The van der Waals surface area contributed by atoms with Gasteiger partial charge in [-0.2, -0.15) is 0 Å². The van der Waals surface area contributed by atoms with E-state index in [4.69, 9.17) is 10.5 Å². The summed E-state index contributed by atoms with van der Waals surface area (Å²) in [5, 5.41) is 0. The van der Waals surface area contributed by atoms with E-state index in [-0.39, 0.29) is 17.9 Å². The van der Waals surface area contributed by atoms with E-state index in [1.165, 1.54) is 6.07 Å². The smallest absolute Gasteiger partial charge is 0.338 e. The van der Waals surface area contributed by atoms with E-state index in [1.54, 1.807) is 6.92 Å². The highest BCUT2D eigenvalue weighted by Gasteiger charge is 2.12. The monoisotopic (exact) mass is 259 g/mol. The first-order chi connectivity index (χ1) is 9.08. The molecule has 0 spiro atoms. The van der Waals surface area contributed by atoms with E-state index in [1.807, 2.05) is 30.3 Å². The largest absolute Gasteiger partial charge is 0.457 e. The second-order valence-electron chi connectivity index (χ2n) is 4.23. The Balaban J connectivity index is 2.08. The van der Waals surface area contributed by atoms with Crippen LogP contribution in [-0.2, 0) is 11.3 Å². The fourth-order valence-corrected chi connectivity index (χ4v) is 1.62. The molecule has 0 bridgehead atoms. The average molecular weight is 259 g/mol. The van der Waals surface area contributed by atoms with Crippen molar-refractivity contribution >= 4 is 11.7 Å². The van der Waals surface area contributed by atoms with Crippen molar-refractivity contribution in [3.8, 4) is 0 Å². The summed E-state index contributed by atoms with van der Waals surface area (Å²) in [7, 11) is 0. The van der Waals surface area contributed by atoms with E-state index in [2.05, 4.69) is 0 Å². The molecular formula is C15H14FNO2. The Bertz CT molecular complexity index is 573. The molecule has 0 heterocycles. The van der Waals surface area contributed by atoms with E-state index >= 15 is 0 Å². The molecule has 0 aliphatic carbocycles. The van der Waals surface area contributed by atoms with Crippen LogP contribution in [0.4, 0.5) is 10.1 Å². The Labute approximate surface area is 110 Å². The number of carbonyl (C=O) groups is 1. The highest BCUT2D eigenvalue weighted by atomic mass is 19.1. The second kappa shape index (κ2) is 5.52. The molecule has 0 aliphatic rings. The van der Waals surface area contributed by atoms with Crippen LogP contribution in [0.2, 0.25) is 0 Å². The number of anilines is 1. The molecule has 0 saturated heterocycles. The summed E-state index contributed by atoms with van der Waals surface area (Å²) in [4.78, 5) is 11.8. The zero-order valence-electron chi connectivity index (χ0n) is 10.5. The Hall–Kier alpha value is -2.36. The third kappa shape index (κ3) is 3.10. The number of hydrogen-bond donors (Lipinski definition) is 1.